The molecular formula is C17H22N4O3. The van der Waals surface area contributed by atoms with Gasteiger partial charge in [-0.2, -0.15) is 0 Å². The molecule has 1 saturated heterocycles. The molecular weight excluding hydrogens is 308 g/mol. The van der Waals surface area contributed by atoms with E-state index >= 15 is 0 Å². The Kier molecular flexibility index (Phi) is 3.31. The van der Waals surface area contributed by atoms with Gasteiger partial charge in [0.05, 0.1) is 0 Å². The number of amides is 3. The van der Waals surface area contributed by atoms with Gasteiger partial charge in [0.15, 0.2) is 0 Å². The average Bonchev–Trinajstić information content (AvgIpc) is 2.96. The van der Waals surface area contributed by atoms with Crippen molar-refractivity contribution in [2.75, 3.05) is 19.6 Å². The van der Waals surface area contributed by atoms with E-state index in [-0.39, 0.29) is 11.4 Å². The lowest BCUT2D eigenvalue weighted by Gasteiger charge is -2.31. The van der Waals surface area contributed by atoms with Crippen LogP contribution in [-0.4, -0.2) is 51.6 Å². The van der Waals surface area contributed by atoms with Gasteiger partial charge in [-0.15, -0.1) is 0 Å². The van der Waals surface area contributed by atoms with Gasteiger partial charge >= 0.3 is 12.1 Å². The van der Waals surface area contributed by atoms with Gasteiger partial charge in [-0.1, -0.05) is 0 Å². The lowest BCUT2D eigenvalue weighted by atomic mass is 9.91. The highest BCUT2D eigenvalue weighted by Gasteiger charge is 2.54. The van der Waals surface area contributed by atoms with Crippen LogP contribution in [0.1, 0.15) is 31.8 Å². The summed E-state index contributed by atoms with van der Waals surface area (Å²) in [4.78, 5) is 30.7. The van der Waals surface area contributed by atoms with Crippen molar-refractivity contribution in [3.05, 3.63) is 29.6 Å². The Balaban J connectivity index is 1.30. The molecule has 3 aliphatic rings. The molecule has 1 atom stereocenters. The Morgan fingerprint density at radius 3 is 2.79 bits per heavy atom. The summed E-state index contributed by atoms with van der Waals surface area (Å²) in [5.74, 6) is -0.665. The number of rotatable bonds is 2. The van der Waals surface area contributed by atoms with E-state index in [2.05, 4.69) is 10.3 Å². The number of piperidine rings is 1. The van der Waals surface area contributed by atoms with Crippen LogP contribution in [0.2, 0.25) is 0 Å². The summed E-state index contributed by atoms with van der Waals surface area (Å²) in [6.45, 7) is 2.42. The van der Waals surface area contributed by atoms with Gasteiger partial charge in [-0.3, -0.25) is 4.98 Å². The largest absolute Gasteiger partial charge is 0.465 e. The minimum Gasteiger partial charge on any atom is -0.465 e. The quantitative estimate of drug-likeness (QED) is 0.866. The maximum atomic E-state index is 12.4. The summed E-state index contributed by atoms with van der Waals surface area (Å²) < 4.78 is 8.64. The van der Waals surface area contributed by atoms with Crippen molar-refractivity contribution < 1.29 is 16.1 Å². The van der Waals surface area contributed by atoms with E-state index in [1.165, 1.54) is 4.90 Å². The lowest BCUT2D eigenvalue weighted by Crippen LogP contribution is -2.40. The van der Waals surface area contributed by atoms with E-state index in [1.807, 2.05) is 6.07 Å². The van der Waals surface area contributed by atoms with E-state index < -0.39 is 12.0 Å². The molecule has 1 aromatic rings. The SMILES string of the molecule is [2H]C1(CNC(=O)N2Cc3ccncc3C2)CC12CCN(C(=O)O)CC2. The molecule has 2 N–H and O–H groups in total. The average molecular weight is 331 g/mol. The fourth-order valence-corrected chi connectivity index (χ4v) is 3.93. The fraction of sp³-hybridized carbons (Fsp3) is 0.588. The topological polar surface area (TPSA) is 85.8 Å². The number of nitrogens with one attached hydrogen (secondary N) is 1. The van der Waals surface area contributed by atoms with Crippen LogP contribution in [0.15, 0.2) is 18.5 Å². The predicted molar refractivity (Wildman–Crippen MR) is 86.3 cm³/mol. The van der Waals surface area contributed by atoms with Crippen molar-refractivity contribution in [2.24, 2.45) is 11.3 Å². The third kappa shape index (κ3) is 2.68. The van der Waals surface area contributed by atoms with E-state index in [9.17, 15) is 9.59 Å². The summed E-state index contributed by atoms with van der Waals surface area (Å²) in [5, 5.41) is 12.0. The first kappa shape index (κ1) is 14.1. The van der Waals surface area contributed by atoms with E-state index in [0.717, 1.165) is 17.5 Å². The molecule has 1 unspecified atom stereocenters. The number of hydrogen-bond acceptors (Lipinski definition) is 3. The molecule has 3 amide bonds. The third-order valence-corrected chi connectivity index (χ3v) is 5.64. The smallest absolute Gasteiger partial charge is 0.407 e. The normalized spacial score (nSPS) is 27.6. The number of nitrogens with zero attached hydrogens (tertiary/aromatic N) is 3. The van der Waals surface area contributed by atoms with Crippen molar-refractivity contribution in [3.8, 4) is 0 Å². The third-order valence-electron chi connectivity index (χ3n) is 5.64. The predicted octanol–water partition coefficient (Wildman–Crippen LogP) is 1.89. The lowest BCUT2D eigenvalue weighted by molar-refractivity contribution is 0.117. The summed E-state index contributed by atoms with van der Waals surface area (Å²) >= 11 is 0. The second-order valence-corrected chi connectivity index (χ2v) is 6.99. The molecule has 1 spiro atoms. The van der Waals surface area contributed by atoms with Crippen molar-refractivity contribution in [1.29, 1.82) is 0 Å². The van der Waals surface area contributed by atoms with Crippen LogP contribution in [0.25, 0.3) is 0 Å². The number of fused-ring (bicyclic) bond motifs is 1. The van der Waals surface area contributed by atoms with Crippen molar-refractivity contribution in [2.45, 2.75) is 32.4 Å². The number of carboxylic acid groups (broad SMARTS) is 1. The molecule has 2 aliphatic heterocycles. The van der Waals surface area contributed by atoms with Crippen molar-refractivity contribution in [1.82, 2.24) is 20.1 Å². The summed E-state index contributed by atoms with van der Waals surface area (Å²) in [5.41, 5.74) is 2.06. The highest BCUT2D eigenvalue weighted by atomic mass is 16.4. The van der Waals surface area contributed by atoms with Crippen LogP contribution < -0.4 is 5.32 Å². The van der Waals surface area contributed by atoms with Gasteiger partial charge in [0.1, 0.15) is 0 Å². The number of hydrogen-bond donors (Lipinski definition) is 2. The standard InChI is InChI=1S/C17H22N4O3/c22-15(21-10-12-1-4-18-8-13(12)11-21)19-9-14-7-17(14)2-5-20(6-3-17)16(23)24/h1,4,8,14H,2-3,5-7,9-11H2,(H,19,22)(H,23,24)/i14D. The van der Waals surface area contributed by atoms with Crippen molar-refractivity contribution >= 4 is 12.1 Å². The van der Waals surface area contributed by atoms with Gasteiger partial charge in [-0.25, -0.2) is 9.59 Å². The molecule has 128 valence electrons. The molecule has 3 heterocycles. The first-order valence-corrected chi connectivity index (χ1v) is 8.35. The molecule has 1 aliphatic carbocycles. The van der Waals surface area contributed by atoms with Gasteiger partial charge in [0, 0.05) is 46.5 Å². The zero-order chi connectivity index (χ0) is 17.7. The first-order chi connectivity index (χ1) is 11.9. The molecule has 0 aromatic carbocycles. The molecule has 0 radical (unpaired) electrons. The van der Waals surface area contributed by atoms with Crippen LogP contribution in [0.4, 0.5) is 9.59 Å². The second kappa shape index (κ2) is 5.65. The summed E-state index contributed by atoms with van der Waals surface area (Å²) in [6.07, 6.45) is 4.79. The Morgan fingerprint density at radius 1 is 1.33 bits per heavy atom. The highest BCUT2D eigenvalue weighted by molar-refractivity contribution is 5.75. The van der Waals surface area contributed by atoms with Gasteiger partial charge in [-0.05, 0) is 47.8 Å². The zero-order valence-electron chi connectivity index (χ0n) is 14.5. The number of carbonyl (C=O) groups is 2. The first-order valence-electron chi connectivity index (χ1n) is 8.85. The van der Waals surface area contributed by atoms with E-state index in [4.69, 9.17) is 6.48 Å². The monoisotopic (exact) mass is 331 g/mol. The minimum atomic E-state index is -0.887. The molecule has 1 saturated carbocycles. The molecule has 0 bridgehead atoms. The van der Waals surface area contributed by atoms with Gasteiger partial charge < -0.3 is 20.2 Å². The van der Waals surface area contributed by atoms with Gasteiger partial charge in [0.25, 0.3) is 0 Å². The second-order valence-electron chi connectivity index (χ2n) is 6.99. The highest BCUT2D eigenvalue weighted by Crippen LogP contribution is 2.59. The number of likely N-dealkylation sites (tertiary alicyclic amines) is 1. The summed E-state index contributed by atoms with van der Waals surface area (Å²) in [6, 6.07) is 1.79. The van der Waals surface area contributed by atoms with Crippen LogP contribution in [0, 0.1) is 11.3 Å². The number of urea groups is 1. The van der Waals surface area contributed by atoms with Gasteiger partial charge in [0.2, 0.25) is 0 Å². The van der Waals surface area contributed by atoms with Crippen molar-refractivity contribution in [3.63, 3.8) is 0 Å². The molecule has 1 aromatic heterocycles. The number of aromatic nitrogens is 1. The number of pyridine rings is 1. The molecule has 4 rings (SSSR count). The summed E-state index contributed by atoms with van der Waals surface area (Å²) in [7, 11) is 0. The molecule has 7 heteroatoms. The van der Waals surface area contributed by atoms with E-state index in [0.29, 0.717) is 45.6 Å². The maximum Gasteiger partial charge on any atom is 0.407 e. The Bertz CT molecular complexity index is 695. The zero-order valence-corrected chi connectivity index (χ0v) is 13.5. The Hall–Kier alpha value is -2.31. The molecule has 2 fully saturated rings. The van der Waals surface area contributed by atoms with E-state index in [1.54, 1.807) is 17.3 Å². The minimum absolute atomic E-state index is 0.135. The van der Waals surface area contributed by atoms with Crippen LogP contribution >= 0.6 is 0 Å². The van der Waals surface area contributed by atoms with Crippen LogP contribution in [-0.2, 0) is 13.1 Å². The van der Waals surface area contributed by atoms with Crippen LogP contribution in [0.5, 0.6) is 0 Å². The Labute approximate surface area is 142 Å². The molecule has 24 heavy (non-hydrogen) atoms. The molecule has 7 nitrogen and oxygen atoms in total. The number of carbonyl (C=O) groups excluding carboxylic acids is 1. The fourth-order valence-electron chi connectivity index (χ4n) is 3.93. The Morgan fingerprint density at radius 2 is 2.08 bits per heavy atom. The van der Waals surface area contributed by atoms with Crippen LogP contribution in [0.3, 0.4) is 0 Å². The maximum absolute atomic E-state index is 12.4.